The van der Waals surface area contributed by atoms with E-state index in [0.29, 0.717) is 18.9 Å². The highest BCUT2D eigenvalue weighted by Gasteiger charge is 2.24. The number of hydrogen-bond acceptors (Lipinski definition) is 3. The first-order valence-corrected chi connectivity index (χ1v) is 8.61. The Kier molecular flexibility index (Phi) is 7.87. The van der Waals surface area contributed by atoms with Crippen molar-refractivity contribution in [3.05, 3.63) is 0 Å². The van der Waals surface area contributed by atoms with Crippen LogP contribution in [0, 0.1) is 11.8 Å². The molecule has 0 aromatic carbocycles. The van der Waals surface area contributed by atoms with Crippen LogP contribution in [0.5, 0.6) is 0 Å². The van der Waals surface area contributed by atoms with Crippen LogP contribution in [0.25, 0.3) is 0 Å². The van der Waals surface area contributed by atoms with E-state index >= 15 is 0 Å². The highest BCUT2D eigenvalue weighted by atomic mass is 16.2. The Morgan fingerprint density at radius 3 is 2.36 bits per heavy atom. The van der Waals surface area contributed by atoms with Crippen LogP contribution in [0.2, 0.25) is 0 Å². The maximum atomic E-state index is 12.2. The zero-order valence-electron chi connectivity index (χ0n) is 14.6. The van der Waals surface area contributed by atoms with Crippen molar-refractivity contribution in [2.75, 3.05) is 13.6 Å². The van der Waals surface area contributed by atoms with Crippen LogP contribution in [0.1, 0.15) is 59.3 Å². The largest absolute Gasteiger partial charge is 0.353 e. The van der Waals surface area contributed by atoms with Crippen molar-refractivity contribution in [2.24, 2.45) is 17.6 Å². The third kappa shape index (κ3) is 6.34. The Labute approximate surface area is 135 Å². The first-order chi connectivity index (χ1) is 10.3. The van der Waals surface area contributed by atoms with Gasteiger partial charge in [0.2, 0.25) is 11.8 Å². The molecule has 22 heavy (non-hydrogen) atoms. The predicted octanol–water partition coefficient (Wildman–Crippen LogP) is 1.90. The Morgan fingerprint density at radius 1 is 1.23 bits per heavy atom. The van der Waals surface area contributed by atoms with Crippen LogP contribution in [-0.4, -0.2) is 42.4 Å². The van der Waals surface area contributed by atoms with Gasteiger partial charge in [-0.3, -0.25) is 9.59 Å². The number of amides is 2. The molecule has 0 spiro atoms. The van der Waals surface area contributed by atoms with Gasteiger partial charge >= 0.3 is 0 Å². The van der Waals surface area contributed by atoms with Crippen LogP contribution in [0.4, 0.5) is 0 Å². The van der Waals surface area contributed by atoms with Gasteiger partial charge in [-0.05, 0) is 32.1 Å². The van der Waals surface area contributed by atoms with Gasteiger partial charge in [-0.15, -0.1) is 0 Å². The molecular weight excluding hydrogens is 278 g/mol. The summed E-state index contributed by atoms with van der Waals surface area (Å²) in [6.07, 6.45) is 5.42. The Hall–Kier alpha value is -1.10. The second kappa shape index (κ2) is 9.13. The lowest BCUT2D eigenvalue weighted by Gasteiger charge is -2.23. The van der Waals surface area contributed by atoms with Crippen molar-refractivity contribution < 1.29 is 9.59 Å². The monoisotopic (exact) mass is 311 g/mol. The van der Waals surface area contributed by atoms with Crippen LogP contribution < -0.4 is 11.1 Å². The van der Waals surface area contributed by atoms with E-state index < -0.39 is 0 Å². The molecule has 1 rings (SSSR count). The highest BCUT2D eigenvalue weighted by molar-refractivity contribution is 5.81. The fourth-order valence-corrected chi connectivity index (χ4v) is 2.82. The zero-order chi connectivity index (χ0) is 16.7. The van der Waals surface area contributed by atoms with E-state index in [1.807, 2.05) is 6.92 Å². The van der Waals surface area contributed by atoms with Crippen molar-refractivity contribution >= 4 is 11.8 Å². The average molecular weight is 311 g/mol. The van der Waals surface area contributed by atoms with Gasteiger partial charge in [0.05, 0.1) is 0 Å². The first kappa shape index (κ1) is 18.9. The molecule has 0 aromatic heterocycles. The Morgan fingerprint density at radius 2 is 1.82 bits per heavy atom. The van der Waals surface area contributed by atoms with E-state index in [1.54, 1.807) is 11.9 Å². The van der Waals surface area contributed by atoms with E-state index in [4.69, 9.17) is 5.73 Å². The lowest BCUT2D eigenvalue weighted by Crippen LogP contribution is -2.41. The molecular formula is C17H33N3O2. The van der Waals surface area contributed by atoms with Crippen molar-refractivity contribution in [1.82, 2.24) is 10.2 Å². The van der Waals surface area contributed by atoms with Gasteiger partial charge < -0.3 is 16.0 Å². The summed E-state index contributed by atoms with van der Waals surface area (Å²) in [4.78, 5) is 25.9. The maximum absolute atomic E-state index is 12.2. The van der Waals surface area contributed by atoms with Crippen LogP contribution in [0.3, 0.4) is 0 Å². The number of carbonyl (C=O) groups is 2. The lowest BCUT2D eigenvalue weighted by atomic mass is 10.0. The smallest absolute Gasteiger partial charge is 0.224 e. The van der Waals surface area contributed by atoms with Gasteiger partial charge in [-0.1, -0.05) is 26.7 Å². The van der Waals surface area contributed by atoms with Crippen molar-refractivity contribution in [3.8, 4) is 0 Å². The average Bonchev–Trinajstić information content (AvgIpc) is 2.97. The molecule has 0 radical (unpaired) electrons. The highest BCUT2D eigenvalue weighted by Crippen LogP contribution is 2.24. The molecule has 1 aliphatic rings. The SMILES string of the molecule is CC(CC(=O)N(C)CCC(N)C(C)C)NC(=O)C1CCCC1. The van der Waals surface area contributed by atoms with Gasteiger partial charge in [-0.2, -0.15) is 0 Å². The summed E-state index contributed by atoms with van der Waals surface area (Å²) in [5, 5.41) is 2.98. The minimum Gasteiger partial charge on any atom is -0.353 e. The van der Waals surface area contributed by atoms with E-state index in [2.05, 4.69) is 19.2 Å². The minimum absolute atomic E-state index is 0.0650. The summed E-state index contributed by atoms with van der Waals surface area (Å²) in [6, 6.07) is 0.0107. The van der Waals surface area contributed by atoms with Crippen LogP contribution in [0.15, 0.2) is 0 Å². The zero-order valence-corrected chi connectivity index (χ0v) is 14.6. The lowest BCUT2D eigenvalue weighted by molar-refractivity contribution is -0.131. The van der Waals surface area contributed by atoms with Gasteiger partial charge in [0.1, 0.15) is 0 Å². The summed E-state index contributed by atoms with van der Waals surface area (Å²) in [7, 11) is 1.81. The predicted molar refractivity (Wildman–Crippen MR) is 89.2 cm³/mol. The molecule has 128 valence electrons. The van der Waals surface area contributed by atoms with E-state index in [9.17, 15) is 9.59 Å². The Bertz CT molecular complexity index is 365. The number of rotatable bonds is 8. The standard InChI is InChI=1S/C17H33N3O2/c1-12(2)15(18)9-10-20(4)16(21)11-13(3)19-17(22)14-7-5-6-8-14/h12-15H,5-11,18H2,1-4H3,(H,19,22). The molecule has 2 amide bonds. The summed E-state index contributed by atoms with van der Waals surface area (Å²) >= 11 is 0. The third-order valence-electron chi connectivity index (χ3n) is 4.68. The summed E-state index contributed by atoms with van der Waals surface area (Å²) in [5.41, 5.74) is 6.01. The number of carbonyl (C=O) groups excluding carboxylic acids is 2. The van der Waals surface area contributed by atoms with Crippen LogP contribution in [-0.2, 0) is 9.59 Å². The maximum Gasteiger partial charge on any atom is 0.224 e. The number of nitrogens with zero attached hydrogens (tertiary/aromatic N) is 1. The van der Waals surface area contributed by atoms with E-state index in [1.165, 1.54) is 0 Å². The minimum atomic E-state index is -0.109. The molecule has 0 aliphatic heterocycles. The van der Waals surface area contributed by atoms with Crippen molar-refractivity contribution in [2.45, 2.75) is 71.4 Å². The number of hydrogen-bond donors (Lipinski definition) is 2. The van der Waals surface area contributed by atoms with Gasteiger partial charge in [-0.25, -0.2) is 0 Å². The molecule has 0 aromatic rings. The summed E-state index contributed by atoms with van der Waals surface area (Å²) in [6.45, 7) is 6.75. The Balaban J connectivity index is 2.28. The van der Waals surface area contributed by atoms with Crippen molar-refractivity contribution in [3.63, 3.8) is 0 Å². The molecule has 0 saturated heterocycles. The topological polar surface area (TPSA) is 75.4 Å². The second-order valence-corrected chi connectivity index (χ2v) is 7.11. The molecule has 1 aliphatic carbocycles. The molecule has 1 saturated carbocycles. The molecule has 0 heterocycles. The molecule has 2 atom stereocenters. The fraction of sp³-hybridized carbons (Fsp3) is 0.882. The molecule has 1 fully saturated rings. The quantitative estimate of drug-likeness (QED) is 0.719. The molecule has 3 N–H and O–H groups in total. The second-order valence-electron chi connectivity index (χ2n) is 7.11. The number of nitrogens with two attached hydrogens (primary N) is 1. The molecule has 5 heteroatoms. The fourth-order valence-electron chi connectivity index (χ4n) is 2.82. The number of nitrogens with one attached hydrogen (secondary N) is 1. The van der Waals surface area contributed by atoms with Crippen molar-refractivity contribution in [1.29, 1.82) is 0 Å². The third-order valence-corrected chi connectivity index (χ3v) is 4.68. The normalized spacial score (nSPS) is 18.3. The summed E-state index contributed by atoms with van der Waals surface area (Å²) in [5.74, 6) is 0.755. The van der Waals surface area contributed by atoms with E-state index in [-0.39, 0.29) is 29.8 Å². The summed E-state index contributed by atoms with van der Waals surface area (Å²) < 4.78 is 0. The molecule has 0 bridgehead atoms. The molecule has 2 unspecified atom stereocenters. The van der Waals surface area contributed by atoms with Gasteiger partial charge in [0, 0.05) is 38.0 Å². The van der Waals surface area contributed by atoms with Gasteiger partial charge in [0.15, 0.2) is 0 Å². The van der Waals surface area contributed by atoms with Crippen LogP contribution >= 0.6 is 0 Å². The first-order valence-electron chi connectivity index (χ1n) is 8.61. The van der Waals surface area contributed by atoms with E-state index in [0.717, 1.165) is 32.1 Å². The molecule has 5 nitrogen and oxygen atoms in total. The van der Waals surface area contributed by atoms with Gasteiger partial charge in [0.25, 0.3) is 0 Å².